The minimum Gasteiger partial charge on any atom is -0.357 e. The Morgan fingerprint density at radius 3 is 2.83 bits per heavy atom. The van der Waals surface area contributed by atoms with Crippen LogP contribution in [-0.4, -0.2) is 9.97 Å². The molecule has 0 saturated heterocycles. The van der Waals surface area contributed by atoms with Crippen LogP contribution in [0.15, 0.2) is 42.7 Å². The zero-order valence-corrected chi connectivity index (χ0v) is 10.9. The zero-order valence-electron chi connectivity index (χ0n) is 10.1. The maximum Gasteiger partial charge on any atom is 0.184 e. The summed E-state index contributed by atoms with van der Waals surface area (Å²) in [6.07, 6.45) is 3.61. The van der Waals surface area contributed by atoms with Gasteiger partial charge in [0.25, 0.3) is 0 Å². The number of fused-ring (bicyclic) bond motifs is 1. The van der Waals surface area contributed by atoms with Crippen molar-refractivity contribution >= 4 is 26.7 Å². The van der Waals surface area contributed by atoms with Gasteiger partial charge in [-0.05, 0) is 42.3 Å². The molecule has 0 atom stereocenters. The summed E-state index contributed by atoms with van der Waals surface area (Å²) >= 11 is 1.69. The van der Waals surface area contributed by atoms with Crippen molar-refractivity contribution in [3.05, 3.63) is 53.9 Å². The summed E-state index contributed by atoms with van der Waals surface area (Å²) in [6.45, 7) is 2.88. The lowest BCUT2D eigenvalue weighted by molar-refractivity contribution is 1.12. The molecule has 0 unspecified atom stereocenters. The molecule has 0 aliphatic carbocycles. The summed E-state index contributed by atoms with van der Waals surface area (Å²) in [5.74, 6) is 0. The lowest BCUT2D eigenvalue weighted by Gasteiger charge is -2.01. The molecule has 3 aromatic rings. The number of aromatic nitrogens is 2. The molecule has 90 valence electrons. The van der Waals surface area contributed by atoms with Crippen molar-refractivity contribution in [2.75, 3.05) is 5.32 Å². The van der Waals surface area contributed by atoms with Gasteiger partial charge in [-0.1, -0.05) is 17.4 Å². The van der Waals surface area contributed by atoms with Gasteiger partial charge in [0, 0.05) is 18.9 Å². The number of nitrogens with zero attached hydrogens (tertiary/aromatic N) is 2. The first-order valence-electron chi connectivity index (χ1n) is 5.81. The molecule has 18 heavy (non-hydrogen) atoms. The van der Waals surface area contributed by atoms with Crippen LogP contribution in [0, 0.1) is 6.92 Å². The Hall–Kier alpha value is -1.94. The molecule has 0 aliphatic rings. The standard InChI is InChI=1S/C14H13N3S/c1-10-2-3-12-13(8-10)18-14(17-12)16-9-11-4-6-15-7-5-11/h2-8H,9H2,1H3,(H,16,17). The molecular weight excluding hydrogens is 242 g/mol. The van der Waals surface area contributed by atoms with Crippen molar-refractivity contribution in [1.82, 2.24) is 9.97 Å². The Bertz CT molecular complexity index is 661. The van der Waals surface area contributed by atoms with E-state index in [0.29, 0.717) is 0 Å². The summed E-state index contributed by atoms with van der Waals surface area (Å²) in [7, 11) is 0. The van der Waals surface area contributed by atoms with Crippen molar-refractivity contribution in [2.45, 2.75) is 13.5 Å². The fourth-order valence-electron chi connectivity index (χ4n) is 1.79. The molecule has 3 nitrogen and oxygen atoms in total. The minimum atomic E-state index is 0.779. The second kappa shape index (κ2) is 4.74. The van der Waals surface area contributed by atoms with E-state index in [1.165, 1.54) is 15.8 Å². The first kappa shape index (κ1) is 11.2. The van der Waals surface area contributed by atoms with Crippen LogP contribution in [0.4, 0.5) is 5.13 Å². The third-order valence-corrected chi connectivity index (χ3v) is 3.71. The summed E-state index contributed by atoms with van der Waals surface area (Å²) in [5.41, 5.74) is 3.54. The van der Waals surface area contributed by atoms with Crippen LogP contribution in [0.3, 0.4) is 0 Å². The molecule has 2 heterocycles. The fraction of sp³-hybridized carbons (Fsp3) is 0.143. The highest BCUT2D eigenvalue weighted by Gasteiger charge is 2.03. The van der Waals surface area contributed by atoms with E-state index in [4.69, 9.17) is 0 Å². The summed E-state index contributed by atoms with van der Waals surface area (Å²) in [4.78, 5) is 8.56. The predicted octanol–water partition coefficient (Wildman–Crippen LogP) is 3.61. The molecule has 4 heteroatoms. The van der Waals surface area contributed by atoms with Gasteiger partial charge in [-0.15, -0.1) is 0 Å². The number of pyridine rings is 1. The maximum absolute atomic E-state index is 4.56. The van der Waals surface area contributed by atoms with Gasteiger partial charge in [-0.2, -0.15) is 0 Å². The molecule has 0 aliphatic heterocycles. The zero-order chi connectivity index (χ0) is 12.4. The number of anilines is 1. The summed E-state index contributed by atoms with van der Waals surface area (Å²) in [5, 5.41) is 4.31. The third kappa shape index (κ3) is 2.33. The predicted molar refractivity (Wildman–Crippen MR) is 75.9 cm³/mol. The number of nitrogens with one attached hydrogen (secondary N) is 1. The Balaban J connectivity index is 1.79. The summed E-state index contributed by atoms with van der Waals surface area (Å²) < 4.78 is 1.23. The molecule has 1 N–H and O–H groups in total. The second-order valence-electron chi connectivity index (χ2n) is 4.20. The van der Waals surface area contributed by atoms with Gasteiger partial charge >= 0.3 is 0 Å². The molecule has 0 spiro atoms. The third-order valence-electron chi connectivity index (χ3n) is 2.74. The van der Waals surface area contributed by atoms with Gasteiger partial charge in [-0.25, -0.2) is 4.98 Å². The lowest BCUT2D eigenvalue weighted by atomic mass is 10.2. The highest BCUT2D eigenvalue weighted by atomic mass is 32.1. The number of rotatable bonds is 3. The average Bonchev–Trinajstić information content (AvgIpc) is 2.79. The van der Waals surface area contributed by atoms with Gasteiger partial charge < -0.3 is 5.32 Å². The van der Waals surface area contributed by atoms with E-state index >= 15 is 0 Å². The number of aryl methyl sites for hydroxylation is 1. The van der Waals surface area contributed by atoms with E-state index in [0.717, 1.165) is 17.2 Å². The van der Waals surface area contributed by atoms with E-state index in [1.807, 2.05) is 12.1 Å². The van der Waals surface area contributed by atoms with Crippen LogP contribution in [0.25, 0.3) is 10.2 Å². The molecule has 0 radical (unpaired) electrons. The van der Waals surface area contributed by atoms with E-state index < -0.39 is 0 Å². The van der Waals surface area contributed by atoms with Crippen molar-refractivity contribution in [3.8, 4) is 0 Å². The molecule has 3 rings (SSSR count). The van der Waals surface area contributed by atoms with E-state index in [9.17, 15) is 0 Å². The maximum atomic E-state index is 4.56. The van der Waals surface area contributed by atoms with Crippen LogP contribution < -0.4 is 5.32 Å². The molecule has 0 bridgehead atoms. The van der Waals surface area contributed by atoms with Crippen LogP contribution in [0.5, 0.6) is 0 Å². The molecule has 0 amide bonds. The Morgan fingerprint density at radius 1 is 1.17 bits per heavy atom. The molecule has 0 fully saturated rings. The van der Waals surface area contributed by atoms with Gasteiger partial charge in [-0.3, -0.25) is 4.98 Å². The minimum absolute atomic E-state index is 0.779. The van der Waals surface area contributed by atoms with E-state index in [2.05, 4.69) is 40.4 Å². The quantitative estimate of drug-likeness (QED) is 0.777. The van der Waals surface area contributed by atoms with Crippen LogP contribution in [-0.2, 0) is 6.54 Å². The number of benzene rings is 1. The number of hydrogen-bond acceptors (Lipinski definition) is 4. The molecule has 0 saturated carbocycles. The van der Waals surface area contributed by atoms with Gasteiger partial charge in [0.15, 0.2) is 5.13 Å². The van der Waals surface area contributed by atoms with Crippen molar-refractivity contribution in [1.29, 1.82) is 0 Å². The van der Waals surface area contributed by atoms with Crippen LogP contribution in [0.1, 0.15) is 11.1 Å². The Kier molecular flexibility index (Phi) is 2.94. The SMILES string of the molecule is Cc1ccc2nc(NCc3ccncc3)sc2c1. The van der Waals surface area contributed by atoms with E-state index in [1.54, 1.807) is 23.7 Å². The second-order valence-corrected chi connectivity index (χ2v) is 5.23. The largest absolute Gasteiger partial charge is 0.357 e. The number of thiazole rings is 1. The van der Waals surface area contributed by atoms with Gasteiger partial charge in [0.1, 0.15) is 0 Å². The van der Waals surface area contributed by atoms with Crippen LogP contribution >= 0.6 is 11.3 Å². The highest BCUT2D eigenvalue weighted by molar-refractivity contribution is 7.22. The van der Waals surface area contributed by atoms with Crippen molar-refractivity contribution < 1.29 is 0 Å². The Labute approximate surface area is 110 Å². The molecular formula is C14H13N3S. The highest BCUT2D eigenvalue weighted by Crippen LogP contribution is 2.26. The van der Waals surface area contributed by atoms with E-state index in [-0.39, 0.29) is 0 Å². The Morgan fingerprint density at radius 2 is 2.00 bits per heavy atom. The first-order valence-corrected chi connectivity index (χ1v) is 6.63. The smallest absolute Gasteiger partial charge is 0.184 e. The lowest BCUT2D eigenvalue weighted by Crippen LogP contribution is -1.98. The molecule has 2 aromatic heterocycles. The molecule has 1 aromatic carbocycles. The van der Waals surface area contributed by atoms with Gasteiger partial charge in [0.05, 0.1) is 10.2 Å². The van der Waals surface area contributed by atoms with Crippen molar-refractivity contribution in [3.63, 3.8) is 0 Å². The number of hydrogen-bond donors (Lipinski definition) is 1. The average molecular weight is 255 g/mol. The fourth-order valence-corrected chi connectivity index (χ4v) is 2.75. The normalized spacial score (nSPS) is 10.7. The van der Waals surface area contributed by atoms with Crippen molar-refractivity contribution in [2.24, 2.45) is 0 Å². The monoisotopic (exact) mass is 255 g/mol. The first-order chi connectivity index (χ1) is 8.81. The van der Waals surface area contributed by atoms with Crippen LogP contribution in [0.2, 0.25) is 0 Å². The summed E-state index contributed by atoms with van der Waals surface area (Å²) in [6, 6.07) is 10.3. The topological polar surface area (TPSA) is 37.8 Å². The van der Waals surface area contributed by atoms with Gasteiger partial charge in [0.2, 0.25) is 0 Å².